The molecule has 0 amide bonds. The molecule has 23 heavy (non-hydrogen) atoms. The molecule has 1 aliphatic heterocycles. The molecule has 8 heteroatoms. The molecule has 3 rings (SSSR count). The fraction of sp³-hybridized carbons (Fsp3) is 0.467. The third-order valence-electron chi connectivity index (χ3n) is 3.89. The number of sulfonamides is 1. The normalized spacial score (nSPS) is 16.0. The number of hydrogen-bond acceptors (Lipinski definition) is 5. The van der Waals surface area contributed by atoms with E-state index < -0.39 is 10.0 Å². The second kappa shape index (κ2) is 6.77. The summed E-state index contributed by atoms with van der Waals surface area (Å²) in [6, 6.07) is 5.93. The first-order valence-corrected chi connectivity index (χ1v) is 9.50. The third kappa shape index (κ3) is 4.37. The molecule has 2 aromatic heterocycles. The molecule has 0 aliphatic carbocycles. The summed E-state index contributed by atoms with van der Waals surface area (Å²) in [5, 5.41) is 0. The van der Waals surface area contributed by atoms with Crippen molar-refractivity contribution in [3.63, 3.8) is 0 Å². The highest BCUT2D eigenvalue weighted by Crippen LogP contribution is 2.17. The highest BCUT2D eigenvalue weighted by atomic mass is 32.2. The largest absolute Gasteiger partial charge is 0.333 e. The van der Waals surface area contributed by atoms with Crippen molar-refractivity contribution in [2.75, 3.05) is 12.8 Å². The van der Waals surface area contributed by atoms with Gasteiger partial charge in [0.05, 0.1) is 36.2 Å². The summed E-state index contributed by atoms with van der Waals surface area (Å²) in [4.78, 5) is 11.1. The Morgan fingerprint density at radius 3 is 2.87 bits per heavy atom. The maximum atomic E-state index is 11.3. The minimum Gasteiger partial charge on any atom is -0.333 e. The Bertz CT molecular complexity index is 757. The van der Waals surface area contributed by atoms with Crippen molar-refractivity contribution >= 4 is 10.0 Å². The fourth-order valence-electron chi connectivity index (χ4n) is 2.78. The molecule has 0 bridgehead atoms. The molecule has 0 fully saturated rings. The number of hydrogen-bond donors (Lipinski definition) is 1. The first kappa shape index (κ1) is 16.1. The van der Waals surface area contributed by atoms with Gasteiger partial charge in [0.2, 0.25) is 10.0 Å². The number of aromatic nitrogens is 3. The number of aryl methyl sites for hydroxylation is 1. The Labute approximate surface area is 136 Å². The minimum atomic E-state index is -3.22. The second-order valence-corrected chi connectivity index (χ2v) is 7.64. The lowest BCUT2D eigenvalue weighted by Crippen LogP contribution is -2.25. The summed E-state index contributed by atoms with van der Waals surface area (Å²) in [5.74, 6) is 0. The standard InChI is InChI=1S/C15H21N5O2S/c1-23(21,22)18-9-14-15-11-19(7-4-8-20(15)12-17-14)10-13-5-2-3-6-16-13/h2-3,5-6,12,18H,4,7-11H2,1H3. The van der Waals surface area contributed by atoms with Gasteiger partial charge in [0.1, 0.15) is 0 Å². The van der Waals surface area contributed by atoms with E-state index in [1.165, 1.54) is 0 Å². The molecule has 0 aromatic carbocycles. The number of nitrogens with zero attached hydrogens (tertiary/aromatic N) is 4. The number of imidazole rings is 1. The zero-order valence-electron chi connectivity index (χ0n) is 13.1. The first-order valence-electron chi connectivity index (χ1n) is 7.61. The maximum absolute atomic E-state index is 11.3. The van der Waals surface area contributed by atoms with Gasteiger partial charge in [0.15, 0.2) is 0 Å². The van der Waals surface area contributed by atoms with Crippen LogP contribution in [0.5, 0.6) is 0 Å². The van der Waals surface area contributed by atoms with Gasteiger partial charge in [-0.1, -0.05) is 6.07 Å². The Hall–Kier alpha value is -1.77. The molecule has 2 aromatic rings. The SMILES string of the molecule is CS(=O)(=O)NCc1ncn2c1CN(Cc1ccccn1)CCC2. The lowest BCUT2D eigenvalue weighted by Gasteiger charge is -2.19. The van der Waals surface area contributed by atoms with Crippen molar-refractivity contribution in [1.29, 1.82) is 0 Å². The van der Waals surface area contributed by atoms with Crippen LogP contribution in [-0.4, -0.2) is 40.7 Å². The lowest BCUT2D eigenvalue weighted by molar-refractivity contribution is 0.257. The van der Waals surface area contributed by atoms with Gasteiger partial charge in [0, 0.05) is 32.4 Å². The molecule has 3 heterocycles. The van der Waals surface area contributed by atoms with E-state index in [4.69, 9.17) is 0 Å². The summed E-state index contributed by atoms with van der Waals surface area (Å²) < 4.78 is 27.3. The van der Waals surface area contributed by atoms with E-state index in [2.05, 4.69) is 24.2 Å². The van der Waals surface area contributed by atoms with Crippen LogP contribution in [0.3, 0.4) is 0 Å². The molecule has 0 saturated carbocycles. The topological polar surface area (TPSA) is 80.1 Å². The summed E-state index contributed by atoms with van der Waals surface area (Å²) in [6.07, 6.45) is 5.81. The van der Waals surface area contributed by atoms with E-state index >= 15 is 0 Å². The number of fused-ring (bicyclic) bond motifs is 1. The molecule has 1 N–H and O–H groups in total. The summed E-state index contributed by atoms with van der Waals surface area (Å²) in [5.41, 5.74) is 2.91. The summed E-state index contributed by atoms with van der Waals surface area (Å²) in [7, 11) is -3.22. The van der Waals surface area contributed by atoms with Crippen molar-refractivity contribution in [3.8, 4) is 0 Å². The second-order valence-electron chi connectivity index (χ2n) is 5.81. The van der Waals surface area contributed by atoms with Crippen LogP contribution in [0.1, 0.15) is 23.5 Å². The molecule has 124 valence electrons. The maximum Gasteiger partial charge on any atom is 0.209 e. The van der Waals surface area contributed by atoms with Gasteiger partial charge in [-0.15, -0.1) is 0 Å². The Morgan fingerprint density at radius 2 is 2.13 bits per heavy atom. The van der Waals surface area contributed by atoms with E-state index in [1.807, 2.05) is 18.2 Å². The molecule has 7 nitrogen and oxygen atoms in total. The minimum absolute atomic E-state index is 0.235. The van der Waals surface area contributed by atoms with Gasteiger partial charge in [-0.3, -0.25) is 9.88 Å². The first-order chi connectivity index (χ1) is 11.0. The van der Waals surface area contributed by atoms with Gasteiger partial charge in [-0.2, -0.15) is 0 Å². The van der Waals surface area contributed by atoms with Gasteiger partial charge < -0.3 is 4.57 Å². The van der Waals surface area contributed by atoms with E-state index in [1.54, 1.807) is 12.5 Å². The van der Waals surface area contributed by atoms with Crippen LogP contribution in [0, 0.1) is 0 Å². The van der Waals surface area contributed by atoms with E-state index in [0.717, 1.165) is 55.9 Å². The van der Waals surface area contributed by atoms with Crippen molar-refractivity contribution in [2.45, 2.75) is 32.6 Å². The lowest BCUT2D eigenvalue weighted by atomic mass is 10.2. The van der Waals surface area contributed by atoms with Crippen LogP contribution in [0.2, 0.25) is 0 Å². The van der Waals surface area contributed by atoms with Crippen LogP contribution in [0.15, 0.2) is 30.7 Å². The average molecular weight is 335 g/mol. The molecular weight excluding hydrogens is 314 g/mol. The Morgan fingerprint density at radius 1 is 1.26 bits per heavy atom. The predicted molar refractivity (Wildman–Crippen MR) is 86.9 cm³/mol. The van der Waals surface area contributed by atoms with Crippen LogP contribution >= 0.6 is 0 Å². The van der Waals surface area contributed by atoms with Crippen molar-refractivity contribution < 1.29 is 8.42 Å². The third-order valence-corrected chi connectivity index (χ3v) is 4.56. The van der Waals surface area contributed by atoms with Gasteiger partial charge in [-0.25, -0.2) is 18.1 Å². The zero-order valence-corrected chi connectivity index (χ0v) is 14.0. The van der Waals surface area contributed by atoms with Gasteiger partial charge >= 0.3 is 0 Å². The summed E-state index contributed by atoms with van der Waals surface area (Å²) in [6.45, 7) is 3.65. The summed E-state index contributed by atoms with van der Waals surface area (Å²) >= 11 is 0. The monoisotopic (exact) mass is 335 g/mol. The van der Waals surface area contributed by atoms with E-state index in [0.29, 0.717) is 0 Å². The average Bonchev–Trinajstić information content (AvgIpc) is 2.76. The van der Waals surface area contributed by atoms with E-state index in [9.17, 15) is 8.42 Å². The van der Waals surface area contributed by atoms with Crippen molar-refractivity contribution in [3.05, 3.63) is 47.8 Å². The molecule has 0 spiro atoms. The molecule has 0 unspecified atom stereocenters. The van der Waals surface area contributed by atoms with Crippen LogP contribution < -0.4 is 4.72 Å². The molecular formula is C15H21N5O2S. The van der Waals surface area contributed by atoms with Crippen molar-refractivity contribution in [2.24, 2.45) is 0 Å². The molecule has 0 radical (unpaired) electrons. The highest BCUT2D eigenvalue weighted by molar-refractivity contribution is 7.88. The van der Waals surface area contributed by atoms with Crippen LogP contribution in [-0.2, 0) is 36.2 Å². The molecule has 0 saturated heterocycles. The highest BCUT2D eigenvalue weighted by Gasteiger charge is 2.19. The quantitative estimate of drug-likeness (QED) is 0.871. The molecule has 1 aliphatic rings. The Kier molecular flexibility index (Phi) is 4.74. The number of nitrogens with one attached hydrogen (secondary N) is 1. The Balaban J connectivity index is 1.74. The predicted octanol–water partition coefficient (Wildman–Crippen LogP) is 0.733. The van der Waals surface area contributed by atoms with Gasteiger partial charge in [-0.05, 0) is 18.6 Å². The number of pyridine rings is 1. The van der Waals surface area contributed by atoms with Crippen molar-refractivity contribution in [1.82, 2.24) is 24.2 Å². The van der Waals surface area contributed by atoms with Gasteiger partial charge in [0.25, 0.3) is 0 Å². The van der Waals surface area contributed by atoms with Crippen LogP contribution in [0.4, 0.5) is 0 Å². The fourth-order valence-corrected chi connectivity index (χ4v) is 3.18. The van der Waals surface area contributed by atoms with Crippen LogP contribution in [0.25, 0.3) is 0 Å². The van der Waals surface area contributed by atoms with E-state index in [-0.39, 0.29) is 6.54 Å². The molecule has 0 atom stereocenters. The number of rotatable bonds is 5. The smallest absolute Gasteiger partial charge is 0.209 e. The zero-order chi connectivity index (χ0) is 16.3.